The van der Waals surface area contributed by atoms with E-state index >= 15 is 0 Å². The summed E-state index contributed by atoms with van der Waals surface area (Å²) >= 11 is 0. The van der Waals surface area contributed by atoms with E-state index in [1.165, 1.54) is 23.3 Å². The molecule has 0 radical (unpaired) electrons. The molecule has 138 valence electrons. The molecule has 3 aromatic rings. The smallest absolute Gasteiger partial charge is 0.147 e. The zero-order valence-electron chi connectivity index (χ0n) is 15.7. The summed E-state index contributed by atoms with van der Waals surface area (Å²) in [5.41, 5.74) is 5.52. The number of piperazine rings is 1. The van der Waals surface area contributed by atoms with E-state index in [0.29, 0.717) is 0 Å². The Morgan fingerprint density at radius 2 is 1.44 bits per heavy atom. The quantitative estimate of drug-likeness (QED) is 0.698. The van der Waals surface area contributed by atoms with Gasteiger partial charge >= 0.3 is 0 Å². The van der Waals surface area contributed by atoms with Crippen LogP contribution in [-0.4, -0.2) is 36.1 Å². The standard InChI is InChI=1S/C22H23FN4/c1-16-11-17(2)13-18(12-16)21-14-24-15-22(25-21)27-9-7-26(8-10-27)20-5-3-19(23)4-6-20/h3-6,11-15H,7-10H2,1-2H3. The van der Waals surface area contributed by atoms with Crippen LogP contribution in [0.4, 0.5) is 15.9 Å². The lowest BCUT2D eigenvalue weighted by Crippen LogP contribution is -2.46. The van der Waals surface area contributed by atoms with Gasteiger partial charge in [0.15, 0.2) is 0 Å². The molecule has 1 saturated heterocycles. The number of nitrogens with zero attached hydrogens (tertiary/aromatic N) is 4. The van der Waals surface area contributed by atoms with Crippen LogP contribution in [0, 0.1) is 19.7 Å². The molecule has 0 amide bonds. The maximum Gasteiger partial charge on any atom is 0.147 e. The van der Waals surface area contributed by atoms with Gasteiger partial charge in [0.05, 0.1) is 18.1 Å². The highest BCUT2D eigenvalue weighted by Gasteiger charge is 2.19. The number of anilines is 2. The van der Waals surface area contributed by atoms with E-state index in [0.717, 1.165) is 48.9 Å². The molecule has 27 heavy (non-hydrogen) atoms. The van der Waals surface area contributed by atoms with E-state index in [2.05, 4.69) is 46.8 Å². The van der Waals surface area contributed by atoms with Crippen LogP contribution in [-0.2, 0) is 0 Å². The Kier molecular flexibility index (Phi) is 4.75. The lowest BCUT2D eigenvalue weighted by molar-refractivity contribution is 0.624. The number of hydrogen-bond acceptors (Lipinski definition) is 4. The number of aryl methyl sites for hydroxylation is 2. The predicted molar refractivity (Wildman–Crippen MR) is 108 cm³/mol. The number of aromatic nitrogens is 2. The second kappa shape index (κ2) is 7.35. The van der Waals surface area contributed by atoms with Gasteiger partial charge in [-0.15, -0.1) is 0 Å². The lowest BCUT2D eigenvalue weighted by atomic mass is 10.1. The summed E-state index contributed by atoms with van der Waals surface area (Å²) in [6, 6.07) is 13.2. The second-order valence-electron chi connectivity index (χ2n) is 7.09. The SMILES string of the molecule is Cc1cc(C)cc(-c2cncc(N3CCN(c4ccc(F)cc4)CC3)n2)c1. The molecule has 0 bridgehead atoms. The van der Waals surface area contributed by atoms with Crippen molar-refractivity contribution in [3.05, 3.63) is 71.8 Å². The zero-order valence-corrected chi connectivity index (χ0v) is 15.7. The average molecular weight is 362 g/mol. The number of rotatable bonds is 3. The molecule has 2 heterocycles. The van der Waals surface area contributed by atoms with Gasteiger partial charge < -0.3 is 9.80 Å². The summed E-state index contributed by atoms with van der Waals surface area (Å²) in [6.07, 6.45) is 3.66. The highest BCUT2D eigenvalue weighted by molar-refractivity contribution is 5.62. The summed E-state index contributed by atoms with van der Waals surface area (Å²) in [6.45, 7) is 7.68. The number of hydrogen-bond donors (Lipinski definition) is 0. The largest absolute Gasteiger partial charge is 0.368 e. The summed E-state index contributed by atoms with van der Waals surface area (Å²) in [7, 11) is 0. The number of benzene rings is 2. The van der Waals surface area contributed by atoms with Crippen molar-refractivity contribution in [1.82, 2.24) is 9.97 Å². The van der Waals surface area contributed by atoms with Gasteiger partial charge in [-0.2, -0.15) is 0 Å². The van der Waals surface area contributed by atoms with Crippen LogP contribution in [0.25, 0.3) is 11.3 Å². The molecule has 0 spiro atoms. The molecule has 0 aliphatic carbocycles. The Morgan fingerprint density at radius 1 is 0.815 bits per heavy atom. The van der Waals surface area contributed by atoms with Gasteiger partial charge in [0, 0.05) is 37.4 Å². The van der Waals surface area contributed by atoms with Crippen molar-refractivity contribution < 1.29 is 4.39 Å². The lowest BCUT2D eigenvalue weighted by Gasteiger charge is -2.36. The van der Waals surface area contributed by atoms with Gasteiger partial charge in [0.1, 0.15) is 11.6 Å². The van der Waals surface area contributed by atoms with Crippen molar-refractivity contribution in [3.63, 3.8) is 0 Å². The fourth-order valence-electron chi connectivity index (χ4n) is 3.62. The summed E-state index contributed by atoms with van der Waals surface area (Å²) in [4.78, 5) is 13.8. The van der Waals surface area contributed by atoms with Gasteiger partial charge in [-0.25, -0.2) is 9.37 Å². The molecule has 0 unspecified atom stereocenters. The molecule has 5 heteroatoms. The highest BCUT2D eigenvalue weighted by Crippen LogP contribution is 2.24. The van der Waals surface area contributed by atoms with Crippen LogP contribution in [0.1, 0.15) is 11.1 Å². The first-order valence-corrected chi connectivity index (χ1v) is 9.25. The summed E-state index contributed by atoms with van der Waals surface area (Å²) in [5, 5.41) is 0. The fourth-order valence-corrected chi connectivity index (χ4v) is 3.62. The van der Waals surface area contributed by atoms with E-state index in [1.807, 2.05) is 24.5 Å². The Morgan fingerprint density at radius 3 is 2.11 bits per heavy atom. The molecule has 4 rings (SSSR count). The van der Waals surface area contributed by atoms with E-state index in [-0.39, 0.29) is 5.82 Å². The topological polar surface area (TPSA) is 32.3 Å². The molecule has 0 saturated carbocycles. The second-order valence-corrected chi connectivity index (χ2v) is 7.09. The van der Waals surface area contributed by atoms with E-state index < -0.39 is 0 Å². The first-order valence-electron chi connectivity index (χ1n) is 9.25. The van der Waals surface area contributed by atoms with Crippen molar-refractivity contribution in [1.29, 1.82) is 0 Å². The number of halogens is 1. The third kappa shape index (κ3) is 3.92. The Bertz CT molecular complexity index is 911. The van der Waals surface area contributed by atoms with Crippen LogP contribution in [0.3, 0.4) is 0 Å². The normalized spacial score (nSPS) is 14.5. The van der Waals surface area contributed by atoms with Crippen LogP contribution in [0.2, 0.25) is 0 Å². The molecule has 0 atom stereocenters. The minimum Gasteiger partial charge on any atom is -0.368 e. The molecular formula is C22H23FN4. The zero-order chi connectivity index (χ0) is 18.8. The van der Waals surface area contributed by atoms with E-state index in [1.54, 1.807) is 0 Å². The minimum atomic E-state index is -0.198. The van der Waals surface area contributed by atoms with Gasteiger partial charge in [-0.1, -0.05) is 17.2 Å². The molecule has 1 fully saturated rings. The van der Waals surface area contributed by atoms with Crippen molar-refractivity contribution in [2.75, 3.05) is 36.0 Å². The third-order valence-electron chi connectivity index (χ3n) is 4.93. The van der Waals surface area contributed by atoms with Crippen LogP contribution < -0.4 is 9.80 Å². The molecule has 4 nitrogen and oxygen atoms in total. The highest BCUT2D eigenvalue weighted by atomic mass is 19.1. The summed E-state index contributed by atoms with van der Waals surface area (Å²) in [5.74, 6) is 0.710. The van der Waals surface area contributed by atoms with Gasteiger partial charge in [-0.3, -0.25) is 4.98 Å². The van der Waals surface area contributed by atoms with Crippen LogP contribution in [0.15, 0.2) is 54.9 Å². The predicted octanol–water partition coefficient (Wildman–Crippen LogP) is 4.23. The molecule has 2 aromatic carbocycles. The van der Waals surface area contributed by atoms with Crippen molar-refractivity contribution in [2.24, 2.45) is 0 Å². The van der Waals surface area contributed by atoms with Crippen LogP contribution in [0.5, 0.6) is 0 Å². The third-order valence-corrected chi connectivity index (χ3v) is 4.93. The van der Waals surface area contributed by atoms with Gasteiger partial charge in [-0.05, 0) is 50.2 Å². The van der Waals surface area contributed by atoms with Gasteiger partial charge in [0.2, 0.25) is 0 Å². The fraction of sp³-hybridized carbons (Fsp3) is 0.273. The minimum absolute atomic E-state index is 0.198. The van der Waals surface area contributed by atoms with Gasteiger partial charge in [0.25, 0.3) is 0 Å². The maximum atomic E-state index is 13.1. The monoisotopic (exact) mass is 362 g/mol. The first kappa shape index (κ1) is 17.5. The maximum absolute atomic E-state index is 13.1. The first-order chi connectivity index (χ1) is 13.1. The average Bonchev–Trinajstić information content (AvgIpc) is 2.68. The summed E-state index contributed by atoms with van der Waals surface area (Å²) < 4.78 is 13.1. The van der Waals surface area contributed by atoms with Crippen LogP contribution >= 0.6 is 0 Å². The Balaban J connectivity index is 1.49. The Labute approximate surface area is 159 Å². The Hall–Kier alpha value is -2.95. The van der Waals surface area contributed by atoms with Crippen molar-refractivity contribution in [3.8, 4) is 11.3 Å². The van der Waals surface area contributed by atoms with Crippen molar-refractivity contribution >= 4 is 11.5 Å². The van der Waals surface area contributed by atoms with E-state index in [9.17, 15) is 4.39 Å². The molecule has 0 N–H and O–H groups in total. The molecule has 1 aliphatic rings. The molecule has 1 aliphatic heterocycles. The molecular weight excluding hydrogens is 339 g/mol. The van der Waals surface area contributed by atoms with E-state index in [4.69, 9.17) is 4.98 Å². The van der Waals surface area contributed by atoms with Crippen molar-refractivity contribution in [2.45, 2.75) is 13.8 Å². The molecule has 1 aromatic heterocycles.